The highest BCUT2D eigenvalue weighted by Crippen LogP contribution is 2.20. The SMILES string of the molecule is CCNC(=NCc1cccc(COC)c1)NCC(OC)C(C)(C)C.I. The zero-order valence-corrected chi connectivity index (χ0v) is 18.7. The zero-order valence-electron chi connectivity index (χ0n) is 16.4. The van der Waals surface area contributed by atoms with Crippen LogP contribution in [0.4, 0.5) is 0 Å². The zero-order chi connectivity index (χ0) is 18.0. The van der Waals surface area contributed by atoms with Crippen LogP contribution in [0.15, 0.2) is 29.3 Å². The first kappa shape index (κ1) is 24.1. The minimum absolute atomic E-state index is 0. The Morgan fingerprint density at radius 3 is 2.40 bits per heavy atom. The number of nitrogens with zero attached hydrogens (tertiary/aromatic N) is 1. The van der Waals surface area contributed by atoms with E-state index in [0.29, 0.717) is 13.2 Å². The molecule has 0 aliphatic rings. The molecule has 0 aliphatic heterocycles. The molecule has 6 heteroatoms. The molecule has 2 N–H and O–H groups in total. The van der Waals surface area contributed by atoms with Gasteiger partial charge in [0.2, 0.25) is 0 Å². The monoisotopic (exact) mass is 463 g/mol. The molecule has 0 saturated carbocycles. The van der Waals surface area contributed by atoms with Crippen LogP contribution in [-0.2, 0) is 22.6 Å². The predicted molar refractivity (Wildman–Crippen MR) is 116 cm³/mol. The average molecular weight is 463 g/mol. The van der Waals surface area contributed by atoms with Crippen molar-refractivity contribution in [2.75, 3.05) is 27.3 Å². The summed E-state index contributed by atoms with van der Waals surface area (Å²) >= 11 is 0. The topological polar surface area (TPSA) is 54.9 Å². The Balaban J connectivity index is 0.00000576. The Morgan fingerprint density at radius 1 is 1.16 bits per heavy atom. The van der Waals surface area contributed by atoms with E-state index in [1.54, 1.807) is 14.2 Å². The second kappa shape index (κ2) is 12.5. The lowest BCUT2D eigenvalue weighted by molar-refractivity contribution is 0.0205. The maximum absolute atomic E-state index is 5.59. The Kier molecular flexibility index (Phi) is 12.1. The molecule has 0 bridgehead atoms. The minimum Gasteiger partial charge on any atom is -0.380 e. The summed E-state index contributed by atoms with van der Waals surface area (Å²) in [6.45, 7) is 11.4. The Bertz CT molecular complexity index is 516. The van der Waals surface area contributed by atoms with Gasteiger partial charge in [-0.2, -0.15) is 0 Å². The second-order valence-corrected chi connectivity index (χ2v) is 6.92. The summed E-state index contributed by atoms with van der Waals surface area (Å²) in [5, 5.41) is 6.66. The highest BCUT2D eigenvalue weighted by Gasteiger charge is 2.24. The van der Waals surface area contributed by atoms with Gasteiger partial charge < -0.3 is 20.1 Å². The summed E-state index contributed by atoms with van der Waals surface area (Å²) in [4.78, 5) is 4.67. The fourth-order valence-corrected chi connectivity index (χ4v) is 2.43. The third kappa shape index (κ3) is 9.42. The van der Waals surface area contributed by atoms with Gasteiger partial charge in [-0.1, -0.05) is 45.0 Å². The lowest BCUT2D eigenvalue weighted by Crippen LogP contribution is -2.45. The summed E-state index contributed by atoms with van der Waals surface area (Å²) in [6, 6.07) is 8.32. The van der Waals surface area contributed by atoms with Crippen molar-refractivity contribution in [2.45, 2.75) is 47.0 Å². The van der Waals surface area contributed by atoms with Crippen molar-refractivity contribution < 1.29 is 9.47 Å². The molecular formula is C19H34IN3O2. The highest BCUT2D eigenvalue weighted by atomic mass is 127. The van der Waals surface area contributed by atoms with E-state index in [1.807, 2.05) is 6.07 Å². The van der Waals surface area contributed by atoms with Gasteiger partial charge >= 0.3 is 0 Å². The maximum atomic E-state index is 5.59. The standard InChI is InChI=1S/C19H33N3O2.HI/c1-7-20-18(22-13-17(24-6)19(2,3)4)21-12-15-9-8-10-16(11-15)14-23-5;/h8-11,17H,7,12-14H2,1-6H3,(H2,20,21,22);1H. The van der Waals surface area contributed by atoms with E-state index in [0.717, 1.165) is 24.6 Å². The lowest BCUT2D eigenvalue weighted by atomic mass is 9.89. The third-order valence-corrected chi connectivity index (χ3v) is 3.77. The fourth-order valence-electron chi connectivity index (χ4n) is 2.43. The van der Waals surface area contributed by atoms with Crippen LogP contribution in [0.25, 0.3) is 0 Å². The molecule has 1 unspecified atom stereocenters. The van der Waals surface area contributed by atoms with Crippen molar-refractivity contribution in [3.05, 3.63) is 35.4 Å². The van der Waals surface area contributed by atoms with Crippen LogP contribution in [0.3, 0.4) is 0 Å². The molecule has 1 atom stereocenters. The molecule has 144 valence electrons. The second-order valence-electron chi connectivity index (χ2n) is 6.92. The number of halogens is 1. The quantitative estimate of drug-likeness (QED) is 0.352. The van der Waals surface area contributed by atoms with Gasteiger partial charge in [0.1, 0.15) is 0 Å². The number of nitrogens with one attached hydrogen (secondary N) is 2. The summed E-state index contributed by atoms with van der Waals surface area (Å²) < 4.78 is 10.8. The van der Waals surface area contributed by atoms with Crippen LogP contribution in [0.2, 0.25) is 0 Å². The number of ether oxygens (including phenoxy) is 2. The average Bonchev–Trinajstić information content (AvgIpc) is 2.52. The third-order valence-electron chi connectivity index (χ3n) is 3.77. The smallest absolute Gasteiger partial charge is 0.191 e. The van der Waals surface area contributed by atoms with Gasteiger partial charge in [-0.15, -0.1) is 24.0 Å². The summed E-state index contributed by atoms with van der Waals surface area (Å²) in [7, 11) is 3.46. The normalized spacial score (nSPS) is 13.1. The van der Waals surface area contributed by atoms with Gasteiger partial charge in [-0.3, -0.25) is 0 Å². The molecule has 0 fully saturated rings. The Morgan fingerprint density at radius 2 is 1.84 bits per heavy atom. The van der Waals surface area contributed by atoms with Gasteiger partial charge in [0.25, 0.3) is 0 Å². The van der Waals surface area contributed by atoms with Crippen molar-refractivity contribution in [1.29, 1.82) is 0 Å². The molecule has 5 nitrogen and oxygen atoms in total. The Hall–Kier alpha value is -0.860. The van der Waals surface area contributed by atoms with Crippen molar-refractivity contribution in [3.8, 4) is 0 Å². The van der Waals surface area contributed by atoms with Crippen LogP contribution >= 0.6 is 24.0 Å². The van der Waals surface area contributed by atoms with Crippen molar-refractivity contribution in [1.82, 2.24) is 10.6 Å². The number of guanidine groups is 1. The van der Waals surface area contributed by atoms with E-state index in [9.17, 15) is 0 Å². The molecule has 0 amide bonds. The van der Waals surface area contributed by atoms with Crippen molar-refractivity contribution in [3.63, 3.8) is 0 Å². The van der Waals surface area contributed by atoms with Crippen molar-refractivity contribution >= 4 is 29.9 Å². The van der Waals surface area contributed by atoms with E-state index in [4.69, 9.17) is 9.47 Å². The molecular weight excluding hydrogens is 429 g/mol. The number of rotatable bonds is 8. The molecule has 0 heterocycles. The molecule has 1 aromatic carbocycles. The van der Waals surface area contributed by atoms with Crippen LogP contribution in [-0.4, -0.2) is 39.4 Å². The number of benzene rings is 1. The van der Waals surface area contributed by atoms with Crippen molar-refractivity contribution in [2.24, 2.45) is 10.4 Å². The van der Waals surface area contributed by atoms with Crippen LogP contribution in [0.5, 0.6) is 0 Å². The van der Waals surface area contributed by atoms with Crippen LogP contribution in [0.1, 0.15) is 38.8 Å². The number of hydrogen-bond donors (Lipinski definition) is 2. The summed E-state index contributed by atoms with van der Waals surface area (Å²) in [5.74, 6) is 0.806. The number of hydrogen-bond acceptors (Lipinski definition) is 3. The van der Waals surface area contributed by atoms with Gasteiger partial charge in [-0.05, 0) is 23.5 Å². The fraction of sp³-hybridized carbons (Fsp3) is 0.632. The summed E-state index contributed by atoms with van der Waals surface area (Å²) in [6.07, 6.45) is 0.117. The van der Waals surface area contributed by atoms with Gasteiger partial charge in [0.15, 0.2) is 5.96 Å². The number of aliphatic imine (C=N–C) groups is 1. The maximum Gasteiger partial charge on any atom is 0.191 e. The molecule has 0 radical (unpaired) electrons. The number of methoxy groups -OCH3 is 2. The van der Waals surface area contributed by atoms with E-state index < -0.39 is 0 Å². The molecule has 0 aliphatic carbocycles. The lowest BCUT2D eigenvalue weighted by Gasteiger charge is -2.30. The first-order valence-electron chi connectivity index (χ1n) is 8.52. The molecule has 0 spiro atoms. The van der Waals surface area contributed by atoms with E-state index in [1.165, 1.54) is 5.56 Å². The van der Waals surface area contributed by atoms with E-state index >= 15 is 0 Å². The highest BCUT2D eigenvalue weighted by molar-refractivity contribution is 14.0. The Labute approximate surface area is 170 Å². The van der Waals surface area contributed by atoms with Crippen LogP contribution < -0.4 is 10.6 Å². The summed E-state index contributed by atoms with van der Waals surface area (Å²) in [5.41, 5.74) is 2.41. The van der Waals surface area contributed by atoms with E-state index in [2.05, 4.69) is 61.5 Å². The first-order chi connectivity index (χ1) is 11.4. The molecule has 0 saturated heterocycles. The van der Waals surface area contributed by atoms with Gasteiger partial charge in [-0.25, -0.2) is 4.99 Å². The molecule has 0 aromatic heterocycles. The molecule has 1 aromatic rings. The molecule has 1 rings (SSSR count). The molecule has 25 heavy (non-hydrogen) atoms. The van der Waals surface area contributed by atoms with Crippen LogP contribution in [0, 0.1) is 5.41 Å². The predicted octanol–water partition coefficient (Wildman–Crippen LogP) is 3.57. The van der Waals surface area contributed by atoms with Gasteiger partial charge in [0.05, 0.1) is 19.3 Å². The minimum atomic E-state index is 0. The van der Waals surface area contributed by atoms with E-state index in [-0.39, 0.29) is 35.5 Å². The largest absolute Gasteiger partial charge is 0.380 e. The van der Waals surface area contributed by atoms with Gasteiger partial charge in [0, 0.05) is 27.3 Å². The first-order valence-corrected chi connectivity index (χ1v) is 8.52.